The standard InChI is InChI=1S/C24H33FN4O/c1-5-28-12-14-29(15-13-28)21-10-11-22(18(4)16-21)26-24(30)27-23(17(2)3)19-6-8-20(25)9-7-19/h6-11,16-17,23H,5,12-15H2,1-4H3,(H2,26,27,30). The number of hydrogen-bond donors (Lipinski definition) is 2. The number of anilines is 2. The molecule has 1 aliphatic heterocycles. The average molecular weight is 413 g/mol. The summed E-state index contributed by atoms with van der Waals surface area (Å²) in [6.45, 7) is 13.6. The van der Waals surface area contributed by atoms with E-state index in [2.05, 4.69) is 39.5 Å². The first-order chi connectivity index (χ1) is 14.4. The van der Waals surface area contributed by atoms with Crippen LogP contribution in [0.4, 0.5) is 20.6 Å². The highest BCUT2D eigenvalue weighted by atomic mass is 19.1. The number of piperazine rings is 1. The summed E-state index contributed by atoms with van der Waals surface area (Å²) in [4.78, 5) is 17.5. The van der Waals surface area contributed by atoms with Crippen LogP contribution in [-0.2, 0) is 0 Å². The fourth-order valence-corrected chi connectivity index (χ4v) is 3.91. The number of carbonyl (C=O) groups is 1. The minimum Gasteiger partial charge on any atom is -0.369 e. The maximum atomic E-state index is 13.2. The zero-order chi connectivity index (χ0) is 21.7. The van der Waals surface area contributed by atoms with Gasteiger partial charge in [-0.1, -0.05) is 32.9 Å². The molecule has 2 N–H and O–H groups in total. The van der Waals surface area contributed by atoms with E-state index in [1.165, 1.54) is 17.8 Å². The van der Waals surface area contributed by atoms with Gasteiger partial charge < -0.3 is 20.4 Å². The van der Waals surface area contributed by atoms with Crippen molar-refractivity contribution in [2.24, 2.45) is 5.92 Å². The molecular formula is C24H33FN4O. The molecular weight excluding hydrogens is 379 g/mol. The number of amides is 2. The molecule has 1 atom stereocenters. The van der Waals surface area contributed by atoms with Crippen molar-refractivity contribution in [2.75, 3.05) is 42.9 Å². The van der Waals surface area contributed by atoms with Crippen LogP contribution in [-0.4, -0.2) is 43.7 Å². The van der Waals surface area contributed by atoms with Gasteiger partial charge in [-0.3, -0.25) is 0 Å². The summed E-state index contributed by atoms with van der Waals surface area (Å²) in [5.41, 5.74) is 3.91. The third-order valence-corrected chi connectivity index (χ3v) is 5.83. The second-order valence-corrected chi connectivity index (χ2v) is 8.29. The first-order valence-electron chi connectivity index (χ1n) is 10.8. The van der Waals surface area contributed by atoms with E-state index in [4.69, 9.17) is 0 Å². The largest absolute Gasteiger partial charge is 0.369 e. The quantitative estimate of drug-likeness (QED) is 0.717. The first-order valence-corrected chi connectivity index (χ1v) is 10.8. The molecule has 1 unspecified atom stereocenters. The molecule has 0 spiro atoms. The van der Waals surface area contributed by atoms with Crippen LogP contribution in [0.25, 0.3) is 0 Å². The monoisotopic (exact) mass is 412 g/mol. The van der Waals surface area contributed by atoms with Crippen LogP contribution in [0.1, 0.15) is 37.9 Å². The average Bonchev–Trinajstić information content (AvgIpc) is 2.74. The Balaban J connectivity index is 1.63. The normalized spacial score (nSPS) is 15.9. The van der Waals surface area contributed by atoms with Crippen LogP contribution in [0.2, 0.25) is 0 Å². The van der Waals surface area contributed by atoms with Gasteiger partial charge in [-0.05, 0) is 60.8 Å². The van der Waals surface area contributed by atoms with Gasteiger partial charge >= 0.3 is 6.03 Å². The first kappa shape index (κ1) is 22.1. The molecule has 0 saturated carbocycles. The lowest BCUT2D eigenvalue weighted by Gasteiger charge is -2.35. The molecule has 30 heavy (non-hydrogen) atoms. The second kappa shape index (κ2) is 9.94. The smallest absolute Gasteiger partial charge is 0.319 e. The van der Waals surface area contributed by atoms with Crippen LogP contribution in [0.3, 0.4) is 0 Å². The van der Waals surface area contributed by atoms with Crippen molar-refractivity contribution in [3.8, 4) is 0 Å². The van der Waals surface area contributed by atoms with Crippen LogP contribution in [0, 0.1) is 18.7 Å². The summed E-state index contributed by atoms with van der Waals surface area (Å²) >= 11 is 0. The molecule has 2 aromatic rings. The Morgan fingerprint density at radius 2 is 1.73 bits per heavy atom. The van der Waals surface area contributed by atoms with E-state index in [1.54, 1.807) is 12.1 Å². The van der Waals surface area contributed by atoms with Gasteiger partial charge in [-0.25, -0.2) is 9.18 Å². The van der Waals surface area contributed by atoms with Gasteiger partial charge in [-0.2, -0.15) is 0 Å². The van der Waals surface area contributed by atoms with Crippen molar-refractivity contribution in [3.05, 3.63) is 59.4 Å². The third-order valence-electron chi connectivity index (χ3n) is 5.83. The Hall–Kier alpha value is -2.60. The molecule has 2 amide bonds. The van der Waals surface area contributed by atoms with Gasteiger partial charge in [0.25, 0.3) is 0 Å². The van der Waals surface area contributed by atoms with Crippen molar-refractivity contribution in [2.45, 2.75) is 33.7 Å². The molecule has 0 bridgehead atoms. The lowest BCUT2D eigenvalue weighted by atomic mass is 9.96. The van der Waals surface area contributed by atoms with Crippen molar-refractivity contribution in [3.63, 3.8) is 0 Å². The molecule has 0 aromatic heterocycles. The van der Waals surface area contributed by atoms with E-state index < -0.39 is 0 Å². The summed E-state index contributed by atoms with van der Waals surface area (Å²) in [5, 5.41) is 6.00. The van der Waals surface area contributed by atoms with E-state index in [-0.39, 0.29) is 23.8 Å². The Kier molecular flexibility index (Phi) is 7.32. The van der Waals surface area contributed by atoms with Gasteiger partial charge in [0.15, 0.2) is 0 Å². The summed E-state index contributed by atoms with van der Waals surface area (Å²) in [6.07, 6.45) is 0. The van der Waals surface area contributed by atoms with Gasteiger partial charge in [0.05, 0.1) is 6.04 Å². The summed E-state index contributed by atoms with van der Waals surface area (Å²) < 4.78 is 13.2. The Bertz CT molecular complexity index is 845. The van der Waals surface area contributed by atoms with Crippen LogP contribution >= 0.6 is 0 Å². The Labute approximate surface area is 179 Å². The number of halogens is 1. The predicted octanol–water partition coefficient (Wildman–Crippen LogP) is 4.79. The number of urea groups is 1. The predicted molar refractivity (Wildman–Crippen MR) is 122 cm³/mol. The fraction of sp³-hybridized carbons (Fsp3) is 0.458. The van der Waals surface area contributed by atoms with Crippen molar-refractivity contribution >= 4 is 17.4 Å². The molecule has 5 nitrogen and oxygen atoms in total. The number of hydrogen-bond acceptors (Lipinski definition) is 3. The van der Waals surface area contributed by atoms with Gasteiger partial charge in [0.2, 0.25) is 0 Å². The zero-order valence-corrected chi connectivity index (χ0v) is 18.4. The minimum absolute atomic E-state index is 0.173. The Morgan fingerprint density at radius 1 is 1.07 bits per heavy atom. The molecule has 162 valence electrons. The molecule has 3 rings (SSSR count). The second-order valence-electron chi connectivity index (χ2n) is 8.29. The van der Waals surface area contributed by atoms with E-state index in [1.807, 2.05) is 26.8 Å². The van der Waals surface area contributed by atoms with Crippen molar-refractivity contribution in [1.82, 2.24) is 10.2 Å². The van der Waals surface area contributed by atoms with E-state index >= 15 is 0 Å². The zero-order valence-electron chi connectivity index (χ0n) is 18.4. The molecule has 1 saturated heterocycles. The fourth-order valence-electron chi connectivity index (χ4n) is 3.91. The van der Waals surface area contributed by atoms with E-state index in [9.17, 15) is 9.18 Å². The number of nitrogens with zero attached hydrogens (tertiary/aromatic N) is 2. The lowest BCUT2D eigenvalue weighted by molar-refractivity contribution is 0.244. The van der Waals surface area contributed by atoms with E-state index in [0.29, 0.717) is 0 Å². The lowest BCUT2D eigenvalue weighted by Crippen LogP contribution is -2.46. The van der Waals surface area contributed by atoms with Gasteiger partial charge in [-0.15, -0.1) is 0 Å². The van der Waals surface area contributed by atoms with Crippen LogP contribution in [0.15, 0.2) is 42.5 Å². The number of carbonyl (C=O) groups excluding carboxylic acids is 1. The molecule has 1 fully saturated rings. The molecule has 1 aliphatic rings. The van der Waals surface area contributed by atoms with Gasteiger partial charge in [0.1, 0.15) is 5.82 Å². The number of benzene rings is 2. The highest BCUT2D eigenvalue weighted by Gasteiger charge is 2.20. The topological polar surface area (TPSA) is 47.6 Å². The van der Waals surface area contributed by atoms with Crippen LogP contribution < -0.4 is 15.5 Å². The molecule has 1 heterocycles. The highest BCUT2D eigenvalue weighted by molar-refractivity contribution is 5.90. The summed E-state index contributed by atoms with van der Waals surface area (Å²) in [6, 6.07) is 12.0. The molecule has 0 radical (unpaired) electrons. The van der Waals surface area contributed by atoms with Gasteiger partial charge in [0, 0.05) is 37.6 Å². The third kappa shape index (κ3) is 5.51. The maximum absolute atomic E-state index is 13.2. The van der Waals surface area contributed by atoms with E-state index in [0.717, 1.165) is 49.5 Å². The number of rotatable bonds is 6. The maximum Gasteiger partial charge on any atom is 0.319 e. The molecule has 2 aromatic carbocycles. The minimum atomic E-state index is -0.280. The SMILES string of the molecule is CCN1CCN(c2ccc(NC(=O)NC(c3ccc(F)cc3)C(C)C)c(C)c2)CC1. The van der Waals surface area contributed by atoms with Crippen molar-refractivity contribution < 1.29 is 9.18 Å². The summed E-state index contributed by atoms with van der Waals surface area (Å²) in [5.74, 6) is -0.107. The molecule has 0 aliphatic carbocycles. The number of nitrogens with one attached hydrogen (secondary N) is 2. The highest BCUT2D eigenvalue weighted by Crippen LogP contribution is 2.25. The molecule has 6 heteroatoms. The van der Waals surface area contributed by atoms with Crippen LogP contribution in [0.5, 0.6) is 0 Å². The summed E-state index contributed by atoms with van der Waals surface area (Å²) in [7, 11) is 0. The Morgan fingerprint density at radius 3 is 2.30 bits per heavy atom. The number of likely N-dealkylation sites (N-methyl/N-ethyl adjacent to an activating group) is 1. The number of aryl methyl sites for hydroxylation is 1. The van der Waals surface area contributed by atoms with Crippen molar-refractivity contribution in [1.29, 1.82) is 0 Å².